The van der Waals surface area contributed by atoms with Crippen molar-refractivity contribution in [2.45, 2.75) is 39.5 Å². The van der Waals surface area contributed by atoms with Gasteiger partial charge in [0.25, 0.3) is 0 Å². The van der Waals surface area contributed by atoms with E-state index < -0.39 is 0 Å². The van der Waals surface area contributed by atoms with Gasteiger partial charge < -0.3 is 0 Å². The Morgan fingerprint density at radius 3 is 2.92 bits per heavy atom. The van der Waals surface area contributed by atoms with E-state index in [9.17, 15) is 4.79 Å². The molecule has 0 saturated heterocycles. The molecule has 0 N–H and O–H groups in total. The van der Waals surface area contributed by atoms with Gasteiger partial charge in [0, 0.05) is 16.4 Å². The van der Waals surface area contributed by atoms with Crippen LogP contribution < -0.4 is 0 Å². The fourth-order valence-electron chi connectivity index (χ4n) is 2.25. The molecule has 0 aromatic carbocycles. The molecule has 0 amide bonds. The maximum atomic E-state index is 11.9. The van der Waals surface area contributed by atoms with Crippen LogP contribution in [0.4, 0.5) is 0 Å². The molecular formula is C11H17ClO. The second-order valence-electron chi connectivity index (χ2n) is 4.41. The third-order valence-corrected chi connectivity index (χ3v) is 3.12. The molecular weight excluding hydrogens is 184 g/mol. The largest absolute Gasteiger partial charge is 0.299 e. The van der Waals surface area contributed by atoms with E-state index in [1.165, 1.54) is 0 Å². The van der Waals surface area contributed by atoms with Crippen molar-refractivity contribution >= 4 is 17.4 Å². The maximum Gasteiger partial charge on any atom is 0.141 e. The van der Waals surface area contributed by atoms with Gasteiger partial charge in [-0.1, -0.05) is 38.4 Å². The van der Waals surface area contributed by atoms with Gasteiger partial charge in [-0.05, 0) is 19.3 Å². The summed E-state index contributed by atoms with van der Waals surface area (Å²) in [6.07, 6.45) is 3.76. The van der Waals surface area contributed by atoms with Gasteiger partial charge >= 0.3 is 0 Å². The highest BCUT2D eigenvalue weighted by molar-refractivity contribution is 6.29. The normalized spacial score (nSPS) is 34.7. The Bertz CT molecular complexity index is 234. The van der Waals surface area contributed by atoms with Gasteiger partial charge in [-0.25, -0.2) is 0 Å². The van der Waals surface area contributed by atoms with Crippen LogP contribution in [0.5, 0.6) is 0 Å². The summed E-state index contributed by atoms with van der Waals surface area (Å²) in [6, 6.07) is 0. The second kappa shape index (κ2) is 3.83. The molecule has 1 saturated carbocycles. The average Bonchev–Trinajstić information content (AvgIpc) is 1.99. The third kappa shape index (κ3) is 2.34. The van der Waals surface area contributed by atoms with Gasteiger partial charge in [-0.2, -0.15) is 0 Å². The van der Waals surface area contributed by atoms with Crippen molar-refractivity contribution < 1.29 is 4.79 Å². The zero-order valence-corrected chi connectivity index (χ0v) is 9.16. The van der Waals surface area contributed by atoms with Crippen LogP contribution in [0.25, 0.3) is 0 Å². The van der Waals surface area contributed by atoms with Crippen LogP contribution in [-0.2, 0) is 4.79 Å². The first-order valence-corrected chi connectivity index (χ1v) is 5.21. The van der Waals surface area contributed by atoms with Crippen molar-refractivity contribution in [3.8, 4) is 0 Å². The molecule has 1 rings (SSSR count). The Morgan fingerprint density at radius 2 is 2.38 bits per heavy atom. The molecule has 0 aromatic rings. The van der Waals surface area contributed by atoms with Crippen LogP contribution >= 0.6 is 11.6 Å². The first-order valence-electron chi connectivity index (χ1n) is 4.83. The third-order valence-electron chi connectivity index (χ3n) is 2.99. The van der Waals surface area contributed by atoms with E-state index in [4.69, 9.17) is 11.6 Å². The summed E-state index contributed by atoms with van der Waals surface area (Å²) in [7, 11) is 0. The number of rotatable bonds is 2. The predicted molar refractivity (Wildman–Crippen MR) is 55.7 cm³/mol. The van der Waals surface area contributed by atoms with Gasteiger partial charge in [-0.15, -0.1) is 0 Å². The van der Waals surface area contributed by atoms with Crippen molar-refractivity contribution in [2.24, 2.45) is 11.3 Å². The SMILES string of the molecule is C=C(Cl)C[C@]1(C)CCC[C@@H](C)C1=O. The highest BCUT2D eigenvalue weighted by Gasteiger charge is 2.38. The number of hydrogen-bond donors (Lipinski definition) is 0. The van der Waals surface area contributed by atoms with E-state index >= 15 is 0 Å². The van der Waals surface area contributed by atoms with Crippen molar-refractivity contribution in [3.63, 3.8) is 0 Å². The molecule has 0 heterocycles. The lowest BCUT2D eigenvalue weighted by molar-refractivity contribution is -0.134. The van der Waals surface area contributed by atoms with Crippen LogP contribution in [0.15, 0.2) is 11.6 Å². The number of halogens is 1. The smallest absolute Gasteiger partial charge is 0.141 e. The van der Waals surface area contributed by atoms with E-state index in [1.807, 2.05) is 13.8 Å². The summed E-state index contributed by atoms with van der Waals surface area (Å²) in [5, 5.41) is 0.602. The van der Waals surface area contributed by atoms with E-state index in [1.54, 1.807) is 0 Å². The quantitative estimate of drug-likeness (QED) is 0.667. The second-order valence-corrected chi connectivity index (χ2v) is 4.95. The van der Waals surface area contributed by atoms with Crippen LogP contribution in [-0.4, -0.2) is 5.78 Å². The summed E-state index contributed by atoms with van der Waals surface area (Å²) < 4.78 is 0. The average molecular weight is 201 g/mol. The lowest BCUT2D eigenvalue weighted by Gasteiger charge is -2.35. The highest BCUT2D eigenvalue weighted by Crippen LogP contribution is 2.40. The summed E-state index contributed by atoms with van der Waals surface area (Å²) in [4.78, 5) is 11.9. The van der Waals surface area contributed by atoms with E-state index in [-0.39, 0.29) is 11.3 Å². The number of carbonyl (C=O) groups excluding carboxylic acids is 1. The van der Waals surface area contributed by atoms with Gasteiger partial charge in [0.05, 0.1) is 0 Å². The minimum absolute atomic E-state index is 0.203. The molecule has 0 bridgehead atoms. The molecule has 1 aliphatic carbocycles. The van der Waals surface area contributed by atoms with E-state index in [0.717, 1.165) is 19.3 Å². The molecule has 0 aromatic heterocycles. The molecule has 1 nitrogen and oxygen atoms in total. The van der Waals surface area contributed by atoms with Crippen LogP contribution in [0.2, 0.25) is 0 Å². The number of Topliss-reactive ketones (excluding diaryl/α,β-unsaturated/α-hetero) is 1. The molecule has 13 heavy (non-hydrogen) atoms. The number of hydrogen-bond acceptors (Lipinski definition) is 1. The van der Waals surface area contributed by atoms with Crippen LogP contribution in [0.1, 0.15) is 39.5 Å². The maximum absolute atomic E-state index is 11.9. The number of ketones is 1. The predicted octanol–water partition coefficient (Wildman–Crippen LogP) is 3.52. The minimum Gasteiger partial charge on any atom is -0.299 e. The Hall–Kier alpha value is -0.300. The molecule has 2 atom stereocenters. The monoisotopic (exact) mass is 200 g/mol. The summed E-state index contributed by atoms with van der Waals surface area (Å²) in [5.41, 5.74) is -0.240. The Balaban J connectivity index is 2.75. The first-order chi connectivity index (χ1) is 5.96. The molecule has 0 aliphatic heterocycles. The zero-order valence-electron chi connectivity index (χ0n) is 8.40. The first kappa shape index (κ1) is 10.8. The Morgan fingerprint density at radius 1 is 1.77 bits per heavy atom. The molecule has 0 spiro atoms. The van der Waals surface area contributed by atoms with Crippen LogP contribution in [0, 0.1) is 11.3 Å². The standard InChI is InChI=1S/C11H17ClO/c1-8-5-4-6-11(3,10(8)13)7-9(2)12/h8H,2,4-7H2,1,3H3/t8-,11+/m1/s1. The topological polar surface area (TPSA) is 17.1 Å². The van der Waals surface area contributed by atoms with Gasteiger partial charge in [0.2, 0.25) is 0 Å². The highest BCUT2D eigenvalue weighted by atomic mass is 35.5. The number of carbonyl (C=O) groups is 1. The van der Waals surface area contributed by atoms with Crippen molar-refractivity contribution in [3.05, 3.63) is 11.6 Å². The van der Waals surface area contributed by atoms with Crippen molar-refractivity contribution in [2.75, 3.05) is 0 Å². The minimum atomic E-state index is -0.240. The summed E-state index contributed by atoms with van der Waals surface area (Å²) in [6.45, 7) is 7.69. The van der Waals surface area contributed by atoms with E-state index in [2.05, 4.69) is 6.58 Å². The van der Waals surface area contributed by atoms with Crippen molar-refractivity contribution in [1.82, 2.24) is 0 Å². The fourth-order valence-corrected chi connectivity index (χ4v) is 2.54. The van der Waals surface area contributed by atoms with E-state index in [0.29, 0.717) is 17.2 Å². The van der Waals surface area contributed by atoms with Gasteiger partial charge in [-0.3, -0.25) is 4.79 Å². The Labute approximate surface area is 85.2 Å². The van der Waals surface area contributed by atoms with Gasteiger partial charge in [0.15, 0.2) is 0 Å². The van der Waals surface area contributed by atoms with Crippen molar-refractivity contribution in [1.29, 1.82) is 0 Å². The molecule has 0 radical (unpaired) electrons. The lowest BCUT2D eigenvalue weighted by atomic mass is 9.68. The molecule has 0 unspecified atom stereocenters. The lowest BCUT2D eigenvalue weighted by Crippen LogP contribution is -2.36. The molecule has 74 valence electrons. The molecule has 2 heteroatoms. The molecule has 1 fully saturated rings. The Kier molecular flexibility index (Phi) is 3.18. The fraction of sp³-hybridized carbons (Fsp3) is 0.727. The number of allylic oxidation sites excluding steroid dienone is 1. The molecule has 1 aliphatic rings. The summed E-state index contributed by atoms with van der Waals surface area (Å²) in [5.74, 6) is 0.565. The van der Waals surface area contributed by atoms with Gasteiger partial charge in [0.1, 0.15) is 5.78 Å². The summed E-state index contributed by atoms with van der Waals surface area (Å²) >= 11 is 5.77. The van der Waals surface area contributed by atoms with Crippen LogP contribution in [0.3, 0.4) is 0 Å². The zero-order chi connectivity index (χ0) is 10.1.